The van der Waals surface area contributed by atoms with Gasteiger partial charge in [0.15, 0.2) is 0 Å². The van der Waals surface area contributed by atoms with Crippen LogP contribution in [0.25, 0.3) is 0 Å². The number of nitrogens with one attached hydrogen (secondary N) is 1. The van der Waals surface area contributed by atoms with Gasteiger partial charge in [0.25, 0.3) is 0 Å². The molecular formula is C21H34N4OS. The Morgan fingerprint density at radius 2 is 1.81 bits per heavy atom. The van der Waals surface area contributed by atoms with E-state index in [1.165, 1.54) is 18.4 Å². The summed E-state index contributed by atoms with van der Waals surface area (Å²) in [5.74, 6) is 0. The number of benzene rings is 1. The smallest absolute Gasteiger partial charge is 0.317 e. The van der Waals surface area contributed by atoms with Gasteiger partial charge in [-0.25, -0.2) is 4.79 Å². The molecule has 0 spiro atoms. The lowest BCUT2D eigenvalue weighted by molar-refractivity contribution is 0.148. The van der Waals surface area contributed by atoms with E-state index in [-0.39, 0.29) is 6.03 Å². The molecule has 1 saturated heterocycles. The Balaban J connectivity index is 1.45. The maximum absolute atomic E-state index is 12.5. The highest BCUT2D eigenvalue weighted by atomic mass is 32.2. The predicted molar refractivity (Wildman–Crippen MR) is 114 cm³/mol. The van der Waals surface area contributed by atoms with Crippen LogP contribution < -0.4 is 5.32 Å². The van der Waals surface area contributed by atoms with Crippen LogP contribution in [0.3, 0.4) is 0 Å². The molecule has 1 aromatic rings. The number of hydrogen-bond donors (Lipinski definition) is 1. The zero-order valence-corrected chi connectivity index (χ0v) is 17.8. The van der Waals surface area contributed by atoms with Crippen molar-refractivity contribution in [1.82, 2.24) is 20.0 Å². The molecule has 2 amide bonds. The summed E-state index contributed by atoms with van der Waals surface area (Å²) in [6.07, 6.45) is 5.72. The molecule has 1 aliphatic heterocycles. The van der Waals surface area contributed by atoms with Crippen molar-refractivity contribution in [3.63, 3.8) is 0 Å². The molecule has 2 aliphatic rings. The number of thioether (sulfide) groups is 1. The normalized spacial score (nSPS) is 24.1. The summed E-state index contributed by atoms with van der Waals surface area (Å²) in [7, 11) is 4.12. The summed E-state index contributed by atoms with van der Waals surface area (Å²) in [5, 5.41) is 3.67. The average molecular weight is 391 g/mol. The molecule has 2 fully saturated rings. The number of carbonyl (C=O) groups is 1. The van der Waals surface area contributed by atoms with Crippen molar-refractivity contribution < 1.29 is 4.79 Å². The van der Waals surface area contributed by atoms with Gasteiger partial charge in [0.05, 0.1) is 0 Å². The summed E-state index contributed by atoms with van der Waals surface area (Å²) < 4.78 is 0. The van der Waals surface area contributed by atoms with Crippen LogP contribution >= 0.6 is 11.8 Å². The highest BCUT2D eigenvalue weighted by molar-refractivity contribution is 7.99. The Hall–Kier alpha value is -1.24. The molecule has 0 aromatic heterocycles. The largest absolute Gasteiger partial charge is 0.334 e. The molecular weight excluding hydrogens is 356 g/mol. The minimum absolute atomic E-state index is 0.0439. The number of amides is 2. The number of rotatable bonds is 6. The third kappa shape index (κ3) is 5.62. The molecule has 0 unspecified atom stereocenters. The molecule has 27 heavy (non-hydrogen) atoms. The molecule has 1 N–H and O–H groups in total. The first-order valence-corrected chi connectivity index (χ1v) is 11.4. The lowest BCUT2D eigenvalue weighted by Gasteiger charge is -2.32. The summed E-state index contributed by atoms with van der Waals surface area (Å²) >= 11 is 1.89. The third-order valence-electron chi connectivity index (χ3n) is 6.01. The summed E-state index contributed by atoms with van der Waals surface area (Å²) in [6.45, 7) is 6.18. The van der Waals surface area contributed by atoms with E-state index in [9.17, 15) is 4.79 Å². The van der Waals surface area contributed by atoms with E-state index in [2.05, 4.69) is 52.7 Å². The lowest BCUT2D eigenvalue weighted by Crippen LogP contribution is -2.45. The van der Waals surface area contributed by atoms with Crippen LogP contribution in [-0.4, -0.2) is 78.6 Å². The van der Waals surface area contributed by atoms with Crippen molar-refractivity contribution in [1.29, 1.82) is 0 Å². The first-order chi connectivity index (χ1) is 13.1. The second kappa shape index (κ2) is 9.80. The zero-order valence-electron chi connectivity index (χ0n) is 17.0. The Morgan fingerprint density at radius 3 is 2.48 bits per heavy atom. The number of nitrogens with zero attached hydrogens (tertiary/aromatic N) is 3. The highest BCUT2D eigenvalue weighted by Crippen LogP contribution is 2.31. The zero-order chi connectivity index (χ0) is 19.2. The quantitative estimate of drug-likeness (QED) is 0.811. The number of urea groups is 1. The summed E-state index contributed by atoms with van der Waals surface area (Å²) in [6, 6.07) is 9.10. The first kappa shape index (κ1) is 20.5. The van der Waals surface area contributed by atoms with E-state index in [4.69, 9.17) is 0 Å². The SMILES string of the molecule is CS[C@H]1CCC[C@@H]1N(C)C(=O)NCc1ccc(CN2CCN(C)CC2)cc1. The number of hydrogen-bond acceptors (Lipinski definition) is 4. The Morgan fingerprint density at radius 1 is 1.15 bits per heavy atom. The molecule has 6 heteroatoms. The Bertz CT molecular complexity index is 601. The average Bonchev–Trinajstić information content (AvgIpc) is 3.17. The van der Waals surface area contributed by atoms with E-state index in [0.717, 1.165) is 44.7 Å². The molecule has 1 saturated carbocycles. The van der Waals surface area contributed by atoms with Crippen molar-refractivity contribution in [2.45, 2.75) is 43.6 Å². The van der Waals surface area contributed by atoms with Gasteiger partial charge in [-0.1, -0.05) is 30.7 Å². The van der Waals surface area contributed by atoms with Gasteiger partial charge in [-0.05, 0) is 37.3 Å². The minimum Gasteiger partial charge on any atom is -0.334 e. The fraction of sp³-hybridized carbons (Fsp3) is 0.667. The van der Waals surface area contributed by atoms with Crippen molar-refractivity contribution in [3.05, 3.63) is 35.4 Å². The Labute approximate surface area is 168 Å². The van der Waals surface area contributed by atoms with Crippen molar-refractivity contribution in [2.75, 3.05) is 46.5 Å². The van der Waals surface area contributed by atoms with Crippen molar-refractivity contribution in [2.24, 2.45) is 0 Å². The maximum Gasteiger partial charge on any atom is 0.317 e. The number of carbonyl (C=O) groups excluding carboxylic acids is 1. The van der Waals surface area contributed by atoms with Crippen LogP contribution in [0.15, 0.2) is 24.3 Å². The van der Waals surface area contributed by atoms with E-state index in [1.807, 2.05) is 23.7 Å². The van der Waals surface area contributed by atoms with Gasteiger partial charge in [0.1, 0.15) is 0 Å². The predicted octanol–water partition coefficient (Wildman–Crippen LogP) is 2.86. The van der Waals surface area contributed by atoms with Gasteiger partial charge in [-0.2, -0.15) is 11.8 Å². The van der Waals surface area contributed by atoms with Crippen LogP contribution in [0, 0.1) is 0 Å². The van der Waals surface area contributed by atoms with Crippen LogP contribution in [0.2, 0.25) is 0 Å². The topological polar surface area (TPSA) is 38.8 Å². The fourth-order valence-electron chi connectivity index (χ4n) is 4.10. The van der Waals surface area contributed by atoms with Crippen molar-refractivity contribution in [3.8, 4) is 0 Å². The first-order valence-electron chi connectivity index (χ1n) is 10.1. The monoisotopic (exact) mass is 390 g/mol. The molecule has 0 bridgehead atoms. The highest BCUT2D eigenvalue weighted by Gasteiger charge is 2.31. The standard InChI is InChI=1S/C21H34N4OS/c1-23-11-13-25(14-12-23)16-18-9-7-17(8-10-18)15-22-21(26)24(2)19-5-4-6-20(19)27-3/h7-10,19-20H,4-6,11-16H2,1-3H3,(H,22,26)/t19-,20-/m0/s1. The van der Waals surface area contributed by atoms with E-state index < -0.39 is 0 Å². The minimum atomic E-state index is 0.0439. The van der Waals surface area contributed by atoms with Crippen molar-refractivity contribution >= 4 is 17.8 Å². The van der Waals surface area contributed by atoms with E-state index in [1.54, 1.807) is 0 Å². The fourth-order valence-corrected chi connectivity index (χ4v) is 5.14. The second-order valence-corrected chi connectivity index (χ2v) is 9.01. The molecule has 1 aliphatic carbocycles. The van der Waals surface area contributed by atoms with Gasteiger partial charge in [-0.3, -0.25) is 4.90 Å². The van der Waals surface area contributed by atoms with Crippen LogP contribution in [-0.2, 0) is 13.1 Å². The molecule has 1 aromatic carbocycles. The van der Waals surface area contributed by atoms with Gasteiger partial charge in [-0.15, -0.1) is 0 Å². The summed E-state index contributed by atoms with van der Waals surface area (Å²) in [5.41, 5.74) is 2.51. The molecule has 150 valence electrons. The third-order valence-corrected chi connectivity index (χ3v) is 7.16. The van der Waals surface area contributed by atoms with Crippen LogP contribution in [0.4, 0.5) is 4.79 Å². The van der Waals surface area contributed by atoms with Gasteiger partial charge < -0.3 is 15.1 Å². The molecule has 0 radical (unpaired) electrons. The molecule has 2 atom stereocenters. The molecule has 1 heterocycles. The molecule has 3 rings (SSSR count). The van der Waals surface area contributed by atoms with Crippen LogP contribution in [0.5, 0.6) is 0 Å². The molecule has 5 nitrogen and oxygen atoms in total. The maximum atomic E-state index is 12.5. The Kier molecular flexibility index (Phi) is 7.44. The number of likely N-dealkylation sites (N-methyl/N-ethyl adjacent to an activating group) is 1. The van der Waals surface area contributed by atoms with E-state index >= 15 is 0 Å². The summed E-state index contributed by atoms with van der Waals surface area (Å²) in [4.78, 5) is 19.3. The van der Waals surface area contributed by atoms with Gasteiger partial charge >= 0.3 is 6.03 Å². The van der Waals surface area contributed by atoms with Crippen LogP contribution in [0.1, 0.15) is 30.4 Å². The van der Waals surface area contributed by atoms with Gasteiger partial charge in [0.2, 0.25) is 0 Å². The number of piperazine rings is 1. The van der Waals surface area contributed by atoms with Gasteiger partial charge in [0, 0.05) is 57.6 Å². The second-order valence-electron chi connectivity index (χ2n) is 7.94. The lowest BCUT2D eigenvalue weighted by atomic mass is 10.1. The van der Waals surface area contributed by atoms with E-state index in [0.29, 0.717) is 17.8 Å².